The fourth-order valence-electron chi connectivity index (χ4n) is 3.68. The maximum Gasteiger partial charge on any atom is 0.259 e. The number of benzene rings is 1. The number of piperidine rings is 1. The van der Waals surface area contributed by atoms with Gasteiger partial charge in [-0.2, -0.15) is 4.31 Å². The van der Waals surface area contributed by atoms with Gasteiger partial charge in [0.05, 0.1) is 28.1 Å². The van der Waals surface area contributed by atoms with Crippen molar-refractivity contribution in [1.82, 2.24) is 4.31 Å². The van der Waals surface area contributed by atoms with Crippen LogP contribution in [0.5, 0.6) is 0 Å². The Balaban J connectivity index is 1.99. The van der Waals surface area contributed by atoms with Crippen molar-refractivity contribution in [2.24, 2.45) is 0 Å². The minimum Gasteiger partial charge on any atom is -0.469 e. The Bertz CT molecular complexity index is 958. The normalized spacial score (nSPS) is 15.3. The molecule has 1 N–H and O–H groups in total. The Morgan fingerprint density at radius 1 is 1.14 bits per heavy atom. The quantitative estimate of drug-likeness (QED) is 0.737. The van der Waals surface area contributed by atoms with Crippen molar-refractivity contribution in [3.8, 4) is 0 Å². The van der Waals surface area contributed by atoms with E-state index in [-0.39, 0.29) is 10.8 Å². The number of carbonyl (C=O) groups is 1. The van der Waals surface area contributed by atoms with Crippen LogP contribution in [0.25, 0.3) is 0 Å². The molecule has 1 aromatic heterocycles. The van der Waals surface area contributed by atoms with E-state index in [4.69, 9.17) is 4.42 Å². The van der Waals surface area contributed by atoms with Gasteiger partial charge in [0.15, 0.2) is 0 Å². The molecular formula is C21H29N3O4S. The van der Waals surface area contributed by atoms with Crippen LogP contribution in [-0.2, 0) is 10.0 Å². The highest BCUT2D eigenvalue weighted by molar-refractivity contribution is 7.89. The molecule has 0 saturated carbocycles. The summed E-state index contributed by atoms with van der Waals surface area (Å²) >= 11 is 0. The van der Waals surface area contributed by atoms with Gasteiger partial charge in [0.25, 0.3) is 5.91 Å². The molecule has 1 amide bonds. The monoisotopic (exact) mass is 419 g/mol. The summed E-state index contributed by atoms with van der Waals surface area (Å²) in [6.07, 6.45) is 4.27. The zero-order chi connectivity index (χ0) is 21.0. The molecular weight excluding hydrogens is 390 g/mol. The fraction of sp³-hybridized carbons (Fsp3) is 0.476. The van der Waals surface area contributed by atoms with Crippen LogP contribution in [0.4, 0.5) is 11.4 Å². The van der Waals surface area contributed by atoms with E-state index in [1.54, 1.807) is 31.2 Å². The number of carbonyl (C=O) groups excluding carboxylic acids is 1. The summed E-state index contributed by atoms with van der Waals surface area (Å²) in [5, 5.41) is 2.89. The predicted octanol–water partition coefficient (Wildman–Crippen LogP) is 3.86. The Kier molecular flexibility index (Phi) is 6.64. The summed E-state index contributed by atoms with van der Waals surface area (Å²) in [4.78, 5) is 15.0. The summed E-state index contributed by atoms with van der Waals surface area (Å²) in [6, 6.07) is 6.60. The van der Waals surface area contributed by atoms with Gasteiger partial charge in [0.1, 0.15) is 5.76 Å². The minimum absolute atomic E-state index is 0.203. The molecule has 0 unspecified atom stereocenters. The number of rotatable bonds is 7. The van der Waals surface area contributed by atoms with Crippen molar-refractivity contribution in [1.29, 1.82) is 0 Å². The fourth-order valence-corrected chi connectivity index (χ4v) is 5.22. The third-order valence-corrected chi connectivity index (χ3v) is 7.27. The van der Waals surface area contributed by atoms with Gasteiger partial charge in [-0.05, 0) is 57.9 Å². The van der Waals surface area contributed by atoms with Gasteiger partial charge < -0.3 is 14.6 Å². The van der Waals surface area contributed by atoms with Crippen LogP contribution in [0.1, 0.15) is 49.2 Å². The second kappa shape index (κ2) is 9.00. The van der Waals surface area contributed by atoms with Crippen molar-refractivity contribution in [2.75, 3.05) is 36.4 Å². The number of furan rings is 1. The van der Waals surface area contributed by atoms with Crippen LogP contribution in [0.2, 0.25) is 0 Å². The highest BCUT2D eigenvalue weighted by Crippen LogP contribution is 2.31. The van der Waals surface area contributed by atoms with Gasteiger partial charge in [0.2, 0.25) is 10.0 Å². The molecule has 29 heavy (non-hydrogen) atoms. The molecule has 0 aliphatic carbocycles. The van der Waals surface area contributed by atoms with Gasteiger partial charge in [0, 0.05) is 26.2 Å². The average molecular weight is 420 g/mol. The molecule has 0 atom stereocenters. The molecule has 1 saturated heterocycles. The van der Waals surface area contributed by atoms with Crippen molar-refractivity contribution in [3.63, 3.8) is 0 Å². The SMILES string of the molecule is CCN(CC)c1ccc(S(=O)(=O)N2CCCCC2)cc1NC(=O)c1ccoc1C. The lowest BCUT2D eigenvalue weighted by Gasteiger charge is -2.28. The number of nitrogens with zero attached hydrogens (tertiary/aromatic N) is 2. The summed E-state index contributed by atoms with van der Waals surface area (Å²) in [5.41, 5.74) is 1.71. The first-order valence-electron chi connectivity index (χ1n) is 10.1. The summed E-state index contributed by atoms with van der Waals surface area (Å²) in [7, 11) is -3.59. The topological polar surface area (TPSA) is 82.9 Å². The Morgan fingerprint density at radius 3 is 2.41 bits per heavy atom. The van der Waals surface area contributed by atoms with Crippen molar-refractivity contribution < 1.29 is 17.6 Å². The number of nitrogens with one attached hydrogen (secondary N) is 1. The molecule has 158 valence electrons. The standard InChI is InChI=1S/C21H29N3O4S/c1-4-23(5-2)20-10-9-17(29(26,27)24-12-7-6-8-13-24)15-19(20)22-21(25)18-11-14-28-16(18)3/h9-11,14-15H,4-8,12-13H2,1-3H3,(H,22,25). The van der Waals surface area contributed by atoms with Crippen LogP contribution in [0.3, 0.4) is 0 Å². The molecule has 7 nitrogen and oxygen atoms in total. The molecule has 8 heteroatoms. The molecule has 0 bridgehead atoms. The molecule has 0 spiro atoms. The van der Waals surface area contributed by atoms with E-state index in [1.165, 1.54) is 10.6 Å². The van der Waals surface area contributed by atoms with Crippen LogP contribution in [-0.4, -0.2) is 44.8 Å². The van der Waals surface area contributed by atoms with Gasteiger partial charge in [-0.3, -0.25) is 4.79 Å². The van der Waals surface area contributed by atoms with Crippen LogP contribution < -0.4 is 10.2 Å². The molecule has 1 aromatic carbocycles. The smallest absolute Gasteiger partial charge is 0.259 e. The van der Waals surface area contributed by atoms with E-state index in [0.717, 1.165) is 38.0 Å². The Labute approximate surface area is 172 Å². The lowest BCUT2D eigenvalue weighted by molar-refractivity contribution is 0.102. The van der Waals surface area contributed by atoms with Crippen LogP contribution in [0, 0.1) is 6.92 Å². The zero-order valence-corrected chi connectivity index (χ0v) is 18.1. The van der Waals surface area contributed by atoms with Gasteiger partial charge >= 0.3 is 0 Å². The first kappa shape index (κ1) is 21.4. The Hall–Kier alpha value is -2.32. The highest BCUT2D eigenvalue weighted by atomic mass is 32.2. The highest BCUT2D eigenvalue weighted by Gasteiger charge is 2.27. The largest absolute Gasteiger partial charge is 0.469 e. The maximum absolute atomic E-state index is 13.1. The van der Waals surface area contributed by atoms with E-state index < -0.39 is 10.0 Å². The Morgan fingerprint density at radius 2 is 1.83 bits per heavy atom. The molecule has 1 fully saturated rings. The summed E-state index contributed by atoms with van der Waals surface area (Å²) in [6.45, 7) is 8.32. The molecule has 1 aliphatic heterocycles. The van der Waals surface area contributed by atoms with E-state index in [2.05, 4.69) is 10.2 Å². The summed E-state index contributed by atoms with van der Waals surface area (Å²) in [5.74, 6) is 0.196. The van der Waals surface area contributed by atoms with Crippen molar-refractivity contribution in [2.45, 2.75) is 44.9 Å². The second-order valence-corrected chi connectivity index (χ2v) is 9.10. The number of amides is 1. The first-order valence-corrected chi connectivity index (χ1v) is 11.6. The summed E-state index contributed by atoms with van der Waals surface area (Å²) < 4.78 is 33.0. The van der Waals surface area contributed by atoms with Crippen molar-refractivity contribution >= 4 is 27.3 Å². The van der Waals surface area contributed by atoms with E-state index in [1.807, 2.05) is 13.8 Å². The molecule has 2 aromatic rings. The molecule has 0 radical (unpaired) electrons. The second-order valence-electron chi connectivity index (χ2n) is 7.16. The number of sulfonamides is 1. The number of hydrogen-bond acceptors (Lipinski definition) is 5. The third kappa shape index (κ3) is 4.48. The molecule has 1 aliphatic rings. The number of aryl methyl sites for hydroxylation is 1. The number of anilines is 2. The third-order valence-electron chi connectivity index (χ3n) is 5.38. The predicted molar refractivity (Wildman–Crippen MR) is 114 cm³/mol. The molecule has 2 heterocycles. The van der Waals surface area contributed by atoms with E-state index in [0.29, 0.717) is 30.1 Å². The van der Waals surface area contributed by atoms with E-state index in [9.17, 15) is 13.2 Å². The van der Waals surface area contributed by atoms with Crippen LogP contribution in [0.15, 0.2) is 39.8 Å². The van der Waals surface area contributed by atoms with Gasteiger partial charge in [-0.15, -0.1) is 0 Å². The van der Waals surface area contributed by atoms with Gasteiger partial charge in [-0.25, -0.2) is 8.42 Å². The lowest BCUT2D eigenvalue weighted by Crippen LogP contribution is -2.35. The molecule has 3 rings (SSSR count). The van der Waals surface area contributed by atoms with E-state index >= 15 is 0 Å². The minimum atomic E-state index is -3.59. The lowest BCUT2D eigenvalue weighted by atomic mass is 10.2. The maximum atomic E-state index is 13.1. The number of hydrogen-bond donors (Lipinski definition) is 1. The average Bonchev–Trinajstić information content (AvgIpc) is 3.16. The van der Waals surface area contributed by atoms with Crippen LogP contribution >= 0.6 is 0 Å². The van der Waals surface area contributed by atoms with Gasteiger partial charge in [-0.1, -0.05) is 6.42 Å². The van der Waals surface area contributed by atoms with Crippen molar-refractivity contribution in [3.05, 3.63) is 41.9 Å². The zero-order valence-electron chi connectivity index (χ0n) is 17.3. The first-order chi connectivity index (χ1) is 13.9.